The lowest BCUT2D eigenvalue weighted by Gasteiger charge is -1.93. The fourth-order valence-corrected chi connectivity index (χ4v) is 4.63. The predicted molar refractivity (Wildman–Crippen MR) is 79.8 cm³/mol. The quantitative estimate of drug-likeness (QED) is 0.569. The van der Waals surface area contributed by atoms with Crippen molar-refractivity contribution in [2.75, 3.05) is 0 Å². The van der Waals surface area contributed by atoms with Crippen LogP contribution in [0.3, 0.4) is 0 Å². The van der Waals surface area contributed by atoms with Gasteiger partial charge in [0.1, 0.15) is 0 Å². The smallest absolute Gasteiger partial charge is 0.178 e. The van der Waals surface area contributed by atoms with E-state index in [1.165, 1.54) is 11.3 Å². The SMILES string of the molecule is O=C(Cc1ccc(Br)s1)c1cc(Br)c(Br)s1. The molecule has 1 nitrogen and oxygen atoms in total. The zero-order chi connectivity index (χ0) is 11.7. The van der Waals surface area contributed by atoms with Gasteiger partial charge in [0.2, 0.25) is 0 Å². The average Bonchev–Trinajstić information content (AvgIpc) is 2.75. The third-order valence-electron chi connectivity index (χ3n) is 1.88. The monoisotopic (exact) mass is 442 g/mol. The minimum Gasteiger partial charge on any atom is -0.293 e. The Balaban J connectivity index is 2.14. The normalized spacial score (nSPS) is 10.7. The standard InChI is InChI=1S/C10H5Br3OS2/c11-6-4-8(16-10(6)13)7(14)3-5-1-2-9(12)15-5/h1-2,4H,3H2. The van der Waals surface area contributed by atoms with E-state index in [1.54, 1.807) is 11.3 Å². The molecule has 2 aromatic rings. The number of halogens is 3. The number of carbonyl (C=O) groups is 1. The first-order chi connectivity index (χ1) is 7.56. The first-order valence-corrected chi connectivity index (χ1v) is 8.29. The lowest BCUT2D eigenvalue weighted by molar-refractivity contribution is 0.0997. The molecule has 0 unspecified atom stereocenters. The summed E-state index contributed by atoms with van der Waals surface area (Å²) in [7, 11) is 0. The molecular weight excluding hydrogens is 440 g/mol. The largest absolute Gasteiger partial charge is 0.293 e. The highest BCUT2D eigenvalue weighted by molar-refractivity contribution is 9.13. The van der Waals surface area contributed by atoms with Crippen molar-refractivity contribution in [2.45, 2.75) is 6.42 Å². The molecule has 16 heavy (non-hydrogen) atoms. The molecule has 0 N–H and O–H groups in total. The highest BCUT2D eigenvalue weighted by Crippen LogP contribution is 2.33. The second-order valence-corrected chi connectivity index (χ2v) is 8.81. The summed E-state index contributed by atoms with van der Waals surface area (Å²) >= 11 is 13.2. The van der Waals surface area contributed by atoms with Gasteiger partial charge in [-0.25, -0.2) is 0 Å². The van der Waals surface area contributed by atoms with Crippen molar-refractivity contribution in [1.29, 1.82) is 0 Å². The molecule has 0 aliphatic carbocycles. The third kappa shape index (κ3) is 3.04. The number of thiophene rings is 2. The molecule has 0 saturated carbocycles. The molecule has 0 amide bonds. The van der Waals surface area contributed by atoms with Crippen LogP contribution in [-0.4, -0.2) is 5.78 Å². The Morgan fingerprint density at radius 3 is 2.44 bits per heavy atom. The van der Waals surface area contributed by atoms with E-state index in [-0.39, 0.29) is 5.78 Å². The Morgan fingerprint density at radius 2 is 1.94 bits per heavy atom. The van der Waals surface area contributed by atoms with Crippen molar-refractivity contribution >= 4 is 76.2 Å². The third-order valence-corrected chi connectivity index (χ3v) is 6.80. The first-order valence-electron chi connectivity index (χ1n) is 4.28. The molecular formula is C10H5Br3OS2. The van der Waals surface area contributed by atoms with Crippen molar-refractivity contribution in [1.82, 2.24) is 0 Å². The van der Waals surface area contributed by atoms with Gasteiger partial charge in [0.15, 0.2) is 5.78 Å². The fourth-order valence-electron chi connectivity index (χ4n) is 1.18. The highest BCUT2D eigenvalue weighted by Gasteiger charge is 2.13. The Hall–Kier alpha value is 0.510. The van der Waals surface area contributed by atoms with Gasteiger partial charge in [0.05, 0.1) is 12.4 Å². The molecule has 0 bridgehead atoms. The summed E-state index contributed by atoms with van der Waals surface area (Å²) in [5.74, 6) is 0.158. The van der Waals surface area contributed by atoms with Crippen LogP contribution >= 0.6 is 70.5 Å². The van der Waals surface area contributed by atoms with Crippen LogP contribution in [-0.2, 0) is 6.42 Å². The van der Waals surface area contributed by atoms with Crippen LogP contribution in [0.2, 0.25) is 0 Å². The maximum absolute atomic E-state index is 11.9. The van der Waals surface area contributed by atoms with Gasteiger partial charge in [-0.05, 0) is 66.0 Å². The molecule has 0 radical (unpaired) electrons. The molecule has 6 heteroatoms. The van der Waals surface area contributed by atoms with Gasteiger partial charge in [-0.2, -0.15) is 0 Å². The maximum atomic E-state index is 11.9. The summed E-state index contributed by atoms with van der Waals surface area (Å²) in [6.45, 7) is 0. The van der Waals surface area contributed by atoms with Crippen LogP contribution in [0.25, 0.3) is 0 Å². The zero-order valence-corrected chi connectivity index (χ0v) is 14.2. The lowest BCUT2D eigenvalue weighted by atomic mass is 10.2. The van der Waals surface area contributed by atoms with Gasteiger partial charge >= 0.3 is 0 Å². The fraction of sp³-hybridized carbons (Fsp3) is 0.100. The Kier molecular flexibility index (Phi) is 4.40. The summed E-state index contributed by atoms with van der Waals surface area (Å²) < 4.78 is 2.96. The molecule has 0 aliphatic rings. The molecule has 2 heterocycles. The van der Waals surface area contributed by atoms with Crippen LogP contribution < -0.4 is 0 Å². The summed E-state index contributed by atoms with van der Waals surface area (Å²) in [6, 6.07) is 5.80. The number of hydrogen-bond acceptors (Lipinski definition) is 3. The second-order valence-electron chi connectivity index (χ2n) is 3.04. The molecule has 0 saturated heterocycles. The van der Waals surface area contributed by atoms with Crippen LogP contribution in [0.4, 0.5) is 0 Å². The number of ketones is 1. The number of hydrogen-bond donors (Lipinski definition) is 0. The molecule has 0 fully saturated rings. The van der Waals surface area contributed by atoms with E-state index in [1.807, 2.05) is 18.2 Å². The minimum absolute atomic E-state index is 0.158. The van der Waals surface area contributed by atoms with Crippen molar-refractivity contribution in [3.05, 3.63) is 40.0 Å². The maximum Gasteiger partial charge on any atom is 0.178 e. The molecule has 0 aliphatic heterocycles. The number of Topliss-reactive ketones (excluding diaryl/α,β-unsaturated/α-hetero) is 1. The van der Waals surface area contributed by atoms with E-state index >= 15 is 0 Å². The first kappa shape index (κ1) is 13.0. The summed E-state index contributed by atoms with van der Waals surface area (Å²) in [6.07, 6.45) is 0.468. The van der Waals surface area contributed by atoms with E-state index in [4.69, 9.17) is 0 Å². The van der Waals surface area contributed by atoms with Crippen molar-refractivity contribution in [2.24, 2.45) is 0 Å². The lowest BCUT2D eigenvalue weighted by Crippen LogP contribution is -1.98. The number of rotatable bonds is 3. The average molecular weight is 445 g/mol. The van der Waals surface area contributed by atoms with Gasteiger partial charge in [-0.1, -0.05) is 0 Å². The number of carbonyl (C=O) groups excluding carboxylic acids is 1. The predicted octanol–water partition coefficient (Wildman–Crippen LogP) is 5.52. The van der Waals surface area contributed by atoms with Crippen LogP contribution in [0.15, 0.2) is 30.2 Å². The molecule has 0 aromatic carbocycles. The van der Waals surface area contributed by atoms with E-state index in [0.717, 1.165) is 21.8 Å². The second kappa shape index (κ2) is 5.44. The summed E-state index contributed by atoms with van der Waals surface area (Å²) in [5, 5.41) is 0. The van der Waals surface area contributed by atoms with Gasteiger partial charge in [0, 0.05) is 15.8 Å². The zero-order valence-electron chi connectivity index (χ0n) is 7.80. The van der Waals surface area contributed by atoms with Gasteiger partial charge in [0.25, 0.3) is 0 Å². The molecule has 0 spiro atoms. The van der Waals surface area contributed by atoms with Crippen LogP contribution in [0.5, 0.6) is 0 Å². The molecule has 84 valence electrons. The molecule has 2 aromatic heterocycles. The van der Waals surface area contributed by atoms with Crippen LogP contribution in [0, 0.1) is 0 Å². The minimum atomic E-state index is 0.158. The summed E-state index contributed by atoms with van der Waals surface area (Å²) in [5.41, 5.74) is 0. The van der Waals surface area contributed by atoms with Gasteiger partial charge in [-0.3, -0.25) is 4.79 Å². The Morgan fingerprint density at radius 1 is 1.19 bits per heavy atom. The topological polar surface area (TPSA) is 17.1 Å². The molecule has 2 rings (SSSR count). The van der Waals surface area contributed by atoms with Gasteiger partial charge in [-0.15, -0.1) is 22.7 Å². The summed E-state index contributed by atoms with van der Waals surface area (Å²) in [4.78, 5) is 13.8. The van der Waals surface area contributed by atoms with E-state index in [0.29, 0.717) is 6.42 Å². The van der Waals surface area contributed by atoms with Crippen molar-refractivity contribution in [3.63, 3.8) is 0 Å². The van der Waals surface area contributed by atoms with E-state index in [2.05, 4.69) is 47.8 Å². The molecule has 0 atom stereocenters. The van der Waals surface area contributed by atoms with Gasteiger partial charge < -0.3 is 0 Å². The Bertz CT molecular complexity index is 510. The van der Waals surface area contributed by atoms with E-state index in [9.17, 15) is 4.79 Å². The van der Waals surface area contributed by atoms with Crippen LogP contribution in [0.1, 0.15) is 14.5 Å². The van der Waals surface area contributed by atoms with Crippen molar-refractivity contribution in [3.8, 4) is 0 Å². The highest BCUT2D eigenvalue weighted by atomic mass is 79.9. The van der Waals surface area contributed by atoms with Crippen molar-refractivity contribution < 1.29 is 4.79 Å². The Labute approximate surface area is 126 Å². The van der Waals surface area contributed by atoms with E-state index < -0.39 is 0 Å².